The van der Waals surface area contributed by atoms with Gasteiger partial charge in [0.15, 0.2) is 5.96 Å². The van der Waals surface area contributed by atoms with Crippen molar-refractivity contribution in [2.45, 2.75) is 45.4 Å². The first-order valence-electron chi connectivity index (χ1n) is 8.86. The summed E-state index contributed by atoms with van der Waals surface area (Å²) in [6, 6.07) is 0.434. The first-order valence-corrected chi connectivity index (χ1v) is 8.86. The Kier molecular flexibility index (Phi) is 7.16. The predicted octanol–water partition coefficient (Wildman–Crippen LogP) is 1.73. The Bertz CT molecular complexity index is 445. The van der Waals surface area contributed by atoms with Gasteiger partial charge in [0, 0.05) is 50.7 Å². The van der Waals surface area contributed by atoms with Gasteiger partial charge in [0.05, 0.1) is 25.4 Å². The number of rotatable bonds is 4. The van der Waals surface area contributed by atoms with Gasteiger partial charge in [-0.15, -0.1) is 24.0 Å². The van der Waals surface area contributed by atoms with Gasteiger partial charge in [-0.25, -0.2) is 0 Å². The van der Waals surface area contributed by atoms with Crippen molar-refractivity contribution >= 4 is 29.9 Å². The van der Waals surface area contributed by atoms with E-state index in [0.717, 1.165) is 45.2 Å². The zero-order chi connectivity index (χ0) is 16.4. The van der Waals surface area contributed by atoms with Crippen LogP contribution >= 0.6 is 24.0 Å². The van der Waals surface area contributed by atoms with Crippen LogP contribution in [0.3, 0.4) is 0 Å². The van der Waals surface area contributed by atoms with Gasteiger partial charge in [-0.1, -0.05) is 13.8 Å². The minimum absolute atomic E-state index is 0. The number of morpholine rings is 1. The molecule has 0 aromatic carbocycles. The molecule has 3 rings (SSSR count). The molecule has 0 aromatic heterocycles. The van der Waals surface area contributed by atoms with E-state index in [4.69, 9.17) is 19.2 Å². The fraction of sp³-hybridized carbons (Fsp3) is 0.941. The molecule has 4 atom stereocenters. The molecule has 2 heterocycles. The normalized spacial score (nSPS) is 35.0. The number of halogens is 1. The standard InChI is InChI=1S/C17H31N3O3.HI/c1-5-18-16(20-7-9-22-12(10-20)11-21-4)19-14-13-6-8-23-15(13)17(14,2)3;/h12-15H,5-11H2,1-4H3,(H,18,19);1H. The third-order valence-electron chi connectivity index (χ3n) is 5.48. The molecule has 0 spiro atoms. The van der Waals surface area contributed by atoms with Crippen molar-refractivity contribution in [2.75, 3.05) is 46.6 Å². The fourth-order valence-electron chi connectivity index (χ4n) is 4.34. The number of aliphatic imine (C=N–C) groups is 1. The number of fused-ring (bicyclic) bond motifs is 1. The Hall–Kier alpha value is -0.120. The second-order valence-corrected chi connectivity index (χ2v) is 7.38. The average Bonchev–Trinajstić information content (AvgIpc) is 2.99. The van der Waals surface area contributed by atoms with Crippen molar-refractivity contribution in [1.29, 1.82) is 0 Å². The van der Waals surface area contributed by atoms with Crippen LogP contribution < -0.4 is 5.32 Å². The molecule has 0 amide bonds. The van der Waals surface area contributed by atoms with Crippen molar-refractivity contribution in [3.8, 4) is 0 Å². The number of ether oxygens (including phenoxy) is 3. The van der Waals surface area contributed by atoms with Gasteiger partial charge in [0.1, 0.15) is 0 Å². The van der Waals surface area contributed by atoms with Gasteiger partial charge in [-0.2, -0.15) is 0 Å². The third-order valence-corrected chi connectivity index (χ3v) is 5.48. The molecule has 7 heteroatoms. The average molecular weight is 453 g/mol. The number of nitrogens with zero attached hydrogens (tertiary/aromatic N) is 2. The smallest absolute Gasteiger partial charge is 0.194 e. The molecular formula is C17H32IN3O3. The summed E-state index contributed by atoms with van der Waals surface area (Å²) in [7, 11) is 1.72. The van der Waals surface area contributed by atoms with Crippen LogP contribution in [0.2, 0.25) is 0 Å². The van der Waals surface area contributed by atoms with Crippen LogP contribution in [0, 0.1) is 11.3 Å². The first kappa shape index (κ1) is 20.2. The predicted molar refractivity (Wildman–Crippen MR) is 105 cm³/mol. The molecule has 6 nitrogen and oxygen atoms in total. The molecule has 140 valence electrons. The van der Waals surface area contributed by atoms with Crippen LogP contribution in [0.4, 0.5) is 0 Å². The van der Waals surface area contributed by atoms with Gasteiger partial charge < -0.3 is 24.4 Å². The first-order chi connectivity index (χ1) is 11.1. The van der Waals surface area contributed by atoms with E-state index in [0.29, 0.717) is 24.7 Å². The summed E-state index contributed by atoms with van der Waals surface area (Å²) in [4.78, 5) is 7.05. The molecule has 0 bridgehead atoms. The lowest BCUT2D eigenvalue weighted by Gasteiger charge is -2.55. The van der Waals surface area contributed by atoms with Gasteiger partial charge in [0.2, 0.25) is 0 Å². The van der Waals surface area contributed by atoms with Gasteiger partial charge in [-0.05, 0) is 13.3 Å². The molecule has 2 saturated heterocycles. The van der Waals surface area contributed by atoms with Crippen molar-refractivity contribution < 1.29 is 14.2 Å². The Morgan fingerprint density at radius 1 is 1.33 bits per heavy atom. The van der Waals surface area contributed by atoms with E-state index < -0.39 is 0 Å². The van der Waals surface area contributed by atoms with Crippen LogP contribution in [0.1, 0.15) is 27.2 Å². The van der Waals surface area contributed by atoms with Gasteiger partial charge in [0.25, 0.3) is 0 Å². The highest BCUT2D eigenvalue weighted by Crippen LogP contribution is 2.52. The lowest BCUT2D eigenvalue weighted by Crippen LogP contribution is -2.68. The third kappa shape index (κ3) is 3.83. The van der Waals surface area contributed by atoms with Crippen LogP contribution in [0.25, 0.3) is 0 Å². The number of nitrogens with one attached hydrogen (secondary N) is 1. The summed E-state index contributed by atoms with van der Waals surface area (Å²) in [5.74, 6) is 1.63. The second-order valence-electron chi connectivity index (χ2n) is 7.38. The van der Waals surface area contributed by atoms with E-state index in [-0.39, 0.29) is 35.5 Å². The summed E-state index contributed by atoms with van der Waals surface area (Å²) >= 11 is 0. The lowest BCUT2D eigenvalue weighted by molar-refractivity contribution is -0.108. The van der Waals surface area contributed by atoms with E-state index in [1.807, 2.05) is 0 Å². The molecule has 1 saturated carbocycles. The SMILES string of the molecule is CCN=C(NC1C2CCOC2C1(C)C)N1CCOC(COC)C1.I. The molecular weight excluding hydrogens is 421 g/mol. The number of hydrogen-bond acceptors (Lipinski definition) is 4. The molecule has 3 fully saturated rings. The number of hydrogen-bond donors (Lipinski definition) is 1. The summed E-state index contributed by atoms with van der Waals surface area (Å²) in [5, 5.41) is 3.75. The Morgan fingerprint density at radius 2 is 2.12 bits per heavy atom. The second kappa shape index (κ2) is 8.51. The van der Waals surface area contributed by atoms with Crippen LogP contribution in [0.15, 0.2) is 4.99 Å². The van der Waals surface area contributed by atoms with Crippen molar-refractivity contribution in [3.05, 3.63) is 0 Å². The zero-order valence-electron chi connectivity index (χ0n) is 15.3. The van der Waals surface area contributed by atoms with Crippen LogP contribution in [-0.2, 0) is 14.2 Å². The summed E-state index contributed by atoms with van der Waals surface area (Å²) in [6.45, 7) is 11.4. The van der Waals surface area contributed by atoms with E-state index in [1.165, 1.54) is 0 Å². The van der Waals surface area contributed by atoms with Gasteiger partial charge >= 0.3 is 0 Å². The molecule has 3 aliphatic rings. The monoisotopic (exact) mass is 453 g/mol. The molecule has 24 heavy (non-hydrogen) atoms. The highest BCUT2D eigenvalue weighted by molar-refractivity contribution is 14.0. The van der Waals surface area contributed by atoms with E-state index in [9.17, 15) is 0 Å². The maximum Gasteiger partial charge on any atom is 0.194 e. The molecule has 1 aliphatic carbocycles. The molecule has 0 radical (unpaired) electrons. The molecule has 0 aromatic rings. The topological polar surface area (TPSA) is 55.3 Å². The van der Waals surface area contributed by atoms with E-state index in [2.05, 4.69) is 31.0 Å². The van der Waals surface area contributed by atoms with Gasteiger partial charge in [-0.3, -0.25) is 4.99 Å². The molecule has 1 N–H and O–H groups in total. The van der Waals surface area contributed by atoms with E-state index in [1.54, 1.807) is 7.11 Å². The fourth-order valence-corrected chi connectivity index (χ4v) is 4.34. The molecule has 2 aliphatic heterocycles. The van der Waals surface area contributed by atoms with E-state index >= 15 is 0 Å². The Morgan fingerprint density at radius 3 is 2.83 bits per heavy atom. The minimum Gasteiger partial charge on any atom is -0.382 e. The maximum absolute atomic E-state index is 5.90. The summed E-state index contributed by atoms with van der Waals surface area (Å²) < 4.78 is 16.9. The Labute approximate surface area is 162 Å². The van der Waals surface area contributed by atoms with Crippen LogP contribution in [-0.4, -0.2) is 75.7 Å². The quantitative estimate of drug-likeness (QED) is 0.399. The maximum atomic E-state index is 5.90. The number of methoxy groups -OCH3 is 1. The lowest BCUT2D eigenvalue weighted by atomic mass is 9.57. The van der Waals surface area contributed by atoms with Crippen molar-refractivity contribution in [1.82, 2.24) is 10.2 Å². The van der Waals surface area contributed by atoms with Crippen molar-refractivity contribution in [2.24, 2.45) is 16.3 Å². The number of guanidine groups is 1. The molecule has 4 unspecified atom stereocenters. The zero-order valence-corrected chi connectivity index (χ0v) is 17.6. The largest absolute Gasteiger partial charge is 0.382 e. The highest BCUT2D eigenvalue weighted by atomic mass is 127. The Balaban J connectivity index is 0.00000208. The summed E-state index contributed by atoms with van der Waals surface area (Å²) in [5.41, 5.74) is 0.161. The minimum atomic E-state index is 0. The highest BCUT2D eigenvalue weighted by Gasteiger charge is 2.59. The van der Waals surface area contributed by atoms with Crippen molar-refractivity contribution in [3.63, 3.8) is 0 Å². The van der Waals surface area contributed by atoms with Crippen LogP contribution in [0.5, 0.6) is 0 Å². The summed E-state index contributed by atoms with van der Waals surface area (Å²) in [6.07, 6.45) is 1.67.